The first-order valence-corrected chi connectivity index (χ1v) is 7.74. The predicted octanol–water partition coefficient (Wildman–Crippen LogP) is 4.25. The monoisotopic (exact) mass is 312 g/mol. The molecule has 0 fully saturated rings. The molecule has 0 amide bonds. The Morgan fingerprint density at radius 1 is 0.792 bits per heavy atom. The molecule has 0 atom stereocenters. The molecule has 0 aliphatic carbocycles. The van der Waals surface area contributed by atoms with E-state index in [1.165, 1.54) is 0 Å². The predicted molar refractivity (Wildman–Crippen MR) is 98.2 cm³/mol. The van der Waals surface area contributed by atoms with Crippen LogP contribution in [-0.4, -0.2) is 9.97 Å². The van der Waals surface area contributed by atoms with E-state index in [9.17, 15) is 0 Å². The molecule has 0 radical (unpaired) electrons. The standard InChI is InChI=1S/C20H16N4/c21-24-20-17-13-16(14-7-3-1-4-8-14)19(15-9-5-2-6-10-15)23-18(17)11-12-22-20/h1-13H,21H2,(H,22,24). The number of nitrogen functional groups attached to an aromatic ring is 1. The fraction of sp³-hybridized carbons (Fsp3) is 0. The number of rotatable bonds is 3. The van der Waals surface area contributed by atoms with E-state index in [0.717, 1.165) is 33.3 Å². The number of nitrogens with one attached hydrogen (secondary N) is 1. The second-order valence-corrected chi connectivity index (χ2v) is 5.49. The minimum absolute atomic E-state index is 0.622. The van der Waals surface area contributed by atoms with Crippen LogP contribution in [0, 0.1) is 0 Å². The molecule has 4 rings (SSSR count). The lowest BCUT2D eigenvalue weighted by molar-refractivity contribution is 1.24. The van der Waals surface area contributed by atoms with E-state index in [0.29, 0.717) is 5.82 Å². The van der Waals surface area contributed by atoms with E-state index in [1.807, 2.05) is 42.5 Å². The molecule has 2 heterocycles. The first-order chi connectivity index (χ1) is 11.9. The topological polar surface area (TPSA) is 63.8 Å². The average molecular weight is 312 g/mol. The SMILES string of the molecule is NNc1nccc2nc(-c3ccccc3)c(-c3ccccc3)cc12. The maximum atomic E-state index is 5.61. The van der Waals surface area contributed by atoms with Crippen LogP contribution in [0.4, 0.5) is 5.82 Å². The summed E-state index contributed by atoms with van der Waals surface area (Å²) in [4.78, 5) is 9.18. The van der Waals surface area contributed by atoms with Crippen molar-refractivity contribution in [1.29, 1.82) is 0 Å². The van der Waals surface area contributed by atoms with Crippen molar-refractivity contribution in [3.05, 3.63) is 79.0 Å². The fourth-order valence-electron chi connectivity index (χ4n) is 2.87. The summed E-state index contributed by atoms with van der Waals surface area (Å²) >= 11 is 0. The Balaban J connectivity index is 2.06. The van der Waals surface area contributed by atoms with Crippen LogP contribution in [0.15, 0.2) is 79.0 Å². The van der Waals surface area contributed by atoms with Crippen LogP contribution in [0.1, 0.15) is 0 Å². The molecule has 4 aromatic rings. The Hall–Kier alpha value is -3.24. The number of hydrazine groups is 1. The van der Waals surface area contributed by atoms with Crippen molar-refractivity contribution in [2.24, 2.45) is 5.84 Å². The van der Waals surface area contributed by atoms with Gasteiger partial charge in [0.25, 0.3) is 0 Å². The highest BCUT2D eigenvalue weighted by molar-refractivity contribution is 5.96. The second kappa shape index (κ2) is 6.10. The lowest BCUT2D eigenvalue weighted by Crippen LogP contribution is -2.09. The third kappa shape index (κ3) is 2.49. The summed E-state index contributed by atoms with van der Waals surface area (Å²) in [6.07, 6.45) is 1.71. The Bertz CT molecular complexity index is 982. The minimum atomic E-state index is 0.622. The highest BCUT2D eigenvalue weighted by Crippen LogP contribution is 2.34. The Kier molecular flexibility index (Phi) is 3.65. The van der Waals surface area contributed by atoms with Crippen molar-refractivity contribution in [2.75, 3.05) is 5.43 Å². The fourth-order valence-corrected chi connectivity index (χ4v) is 2.87. The van der Waals surface area contributed by atoms with Crippen molar-refractivity contribution in [1.82, 2.24) is 9.97 Å². The number of pyridine rings is 2. The molecule has 0 spiro atoms. The number of nitrogens with two attached hydrogens (primary N) is 1. The van der Waals surface area contributed by atoms with Gasteiger partial charge in [-0.25, -0.2) is 15.8 Å². The van der Waals surface area contributed by atoms with E-state index in [4.69, 9.17) is 10.8 Å². The zero-order valence-corrected chi connectivity index (χ0v) is 13.0. The normalized spacial score (nSPS) is 10.7. The second-order valence-electron chi connectivity index (χ2n) is 5.49. The van der Waals surface area contributed by atoms with Crippen molar-refractivity contribution in [2.45, 2.75) is 0 Å². The van der Waals surface area contributed by atoms with Crippen LogP contribution < -0.4 is 11.3 Å². The molecule has 4 nitrogen and oxygen atoms in total. The number of anilines is 1. The summed E-state index contributed by atoms with van der Waals surface area (Å²) in [6.45, 7) is 0. The molecule has 2 aromatic carbocycles. The Morgan fingerprint density at radius 3 is 2.12 bits per heavy atom. The molecule has 0 saturated heterocycles. The van der Waals surface area contributed by atoms with Gasteiger partial charge < -0.3 is 5.43 Å². The third-order valence-corrected chi connectivity index (χ3v) is 4.01. The summed E-state index contributed by atoms with van der Waals surface area (Å²) < 4.78 is 0. The lowest BCUT2D eigenvalue weighted by Gasteiger charge is -2.13. The number of fused-ring (bicyclic) bond motifs is 1. The van der Waals surface area contributed by atoms with Gasteiger partial charge in [0.2, 0.25) is 0 Å². The molecule has 116 valence electrons. The number of hydrogen-bond donors (Lipinski definition) is 2. The minimum Gasteiger partial charge on any atom is -0.308 e. The lowest BCUT2D eigenvalue weighted by atomic mass is 9.97. The van der Waals surface area contributed by atoms with Crippen LogP contribution in [0.5, 0.6) is 0 Å². The number of hydrogen-bond acceptors (Lipinski definition) is 4. The van der Waals surface area contributed by atoms with E-state index < -0.39 is 0 Å². The Morgan fingerprint density at radius 2 is 1.46 bits per heavy atom. The first-order valence-electron chi connectivity index (χ1n) is 7.74. The molecular formula is C20H16N4. The molecule has 24 heavy (non-hydrogen) atoms. The summed E-state index contributed by atoms with van der Waals surface area (Å²) in [5.74, 6) is 6.24. The van der Waals surface area contributed by atoms with Crippen molar-refractivity contribution in [3.63, 3.8) is 0 Å². The van der Waals surface area contributed by atoms with Crippen molar-refractivity contribution >= 4 is 16.7 Å². The van der Waals surface area contributed by atoms with Gasteiger partial charge in [0.15, 0.2) is 0 Å². The first kappa shape index (κ1) is 14.4. The zero-order chi connectivity index (χ0) is 16.4. The van der Waals surface area contributed by atoms with Gasteiger partial charge in [-0.2, -0.15) is 0 Å². The summed E-state index contributed by atoms with van der Waals surface area (Å²) in [7, 11) is 0. The van der Waals surface area contributed by atoms with Gasteiger partial charge in [0.1, 0.15) is 5.82 Å². The van der Waals surface area contributed by atoms with Gasteiger partial charge in [0.05, 0.1) is 11.2 Å². The molecule has 2 aromatic heterocycles. The van der Waals surface area contributed by atoms with Crippen LogP contribution in [0.3, 0.4) is 0 Å². The summed E-state index contributed by atoms with van der Waals surface area (Å²) in [6, 6.07) is 24.4. The van der Waals surface area contributed by atoms with E-state index >= 15 is 0 Å². The molecule has 4 heteroatoms. The Labute approximate surface area is 140 Å². The molecule has 0 saturated carbocycles. The van der Waals surface area contributed by atoms with E-state index in [-0.39, 0.29) is 0 Å². The largest absolute Gasteiger partial charge is 0.308 e. The molecule has 0 bridgehead atoms. The van der Waals surface area contributed by atoms with Crippen molar-refractivity contribution < 1.29 is 0 Å². The van der Waals surface area contributed by atoms with E-state index in [2.05, 4.69) is 40.7 Å². The third-order valence-electron chi connectivity index (χ3n) is 4.01. The zero-order valence-electron chi connectivity index (χ0n) is 13.0. The maximum Gasteiger partial charge on any atom is 0.149 e. The van der Waals surface area contributed by atoms with Crippen LogP contribution in [-0.2, 0) is 0 Å². The quantitative estimate of drug-likeness (QED) is 0.438. The van der Waals surface area contributed by atoms with Gasteiger partial charge in [-0.15, -0.1) is 0 Å². The number of benzene rings is 2. The number of nitrogens with zero attached hydrogens (tertiary/aromatic N) is 2. The highest BCUT2D eigenvalue weighted by Gasteiger charge is 2.13. The summed E-state index contributed by atoms with van der Waals surface area (Å²) in [5.41, 5.74) is 7.71. The average Bonchev–Trinajstić information content (AvgIpc) is 2.68. The molecule has 0 aliphatic heterocycles. The molecule has 0 aliphatic rings. The van der Waals surface area contributed by atoms with Gasteiger partial charge in [-0.05, 0) is 17.7 Å². The van der Waals surface area contributed by atoms with Crippen molar-refractivity contribution in [3.8, 4) is 22.4 Å². The van der Waals surface area contributed by atoms with Crippen LogP contribution in [0.2, 0.25) is 0 Å². The van der Waals surface area contributed by atoms with Gasteiger partial charge >= 0.3 is 0 Å². The maximum absolute atomic E-state index is 5.61. The molecule has 0 unspecified atom stereocenters. The van der Waals surface area contributed by atoms with Gasteiger partial charge in [-0.3, -0.25) is 0 Å². The molecule has 3 N–H and O–H groups in total. The van der Waals surface area contributed by atoms with Gasteiger partial charge in [-0.1, -0.05) is 60.7 Å². The molecular weight excluding hydrogens is 296 g/mol. The van der Waals surface area contributed by atoms with Gasteiger partial charge in [0, 0.05) is 22.7 Å². The van der Waals surface area contributed by atoms with E-state index in [1.54, 1.807) is 6.20 Å². The summed E-state index contributed by atoms with van der Waals surface area (Å²) in [5, 5.41) is 0.901. The van der Waals surface area contributed by atoms with Crippen LogP contribution >= 0.6 is 0 Å². The highest BCUT2D eigenvalue weighted by atomic mass is 15.2. The number of aromatic nitrogens is 2. The smallest absolute Gasteiger partial charge is 0.149 e. The van der Waals surface area contributed by atoms with Crippen LogP contribution in [0.25, 0.3) is 33.3 Å².